The van der Waals surface area contributed by atoms with Crippen molar-refractivity contribution >= 4 is 24.0 Å². The van der Waals surface area contributed by atoms with Crippen molar-refractivity contribution in [3.63, 3.8) is 0 Å². The average Bonchev–Trinajstić information content (AvgIpc) is 3.74. The Bertz CT molecular complexity index is 2810. The number of pyridine rings is 4. The quantitative estimate of drug-likeness (QED) is 0.0928. The third kappa shape index (κ3) is 9.79. The van der Waals surface area contributed by atoms with E-state index in [0.717, 1.165) is 33.6 Å². The summed E-state index contributed by atoms with van der Waals surface area (Å²) in [6.45, 7) is 9.48. The molecule has 4 aromatic heterocycles. The Morgan fingerprint density at radius 3 is 1.35 bits per heavy atom. The molecule has 0 unspecified atom stereocenters. The Kier molecular flexibility index (Phi) is 15.3. The van der Waals surface area contributed by atoms with Gasteiger partial charge in [-0.05, 0) is 86.3 Å². The van der Waals surface area contributed by atoms with Crippen LogP contribution in [0.3, 0.4) is 0 Å². The molecule has 4 bridgehead atoms. The Balaban J connectivity index is 0.000000178. The second-order valence-corrected chi connectivity index (χ2v) is 19.4. The van der Waals surface area contributed by atoms with Gasteiger partial charge in [0.2, 0.25) is 11.8 Å². The maximum atomic E-state index is 13.8. The van der Waals surface area contributed by atoms with Crippen molar-refractivity contribution in [1.82, 2.24) is 39.5 Å². The first kappa shape index (κ1) is 49.9. The Morgan fingerprint density at radius 2 is 1.00 bits per heavy atom. The Hall–Kier alpha value is -7.10. The van der Waals surface area contributed by atoms with Gasteiger partial charge in [-0.15, -0.1) is 0 Å². The van der Waals surface area contributed by atoms with Crippen molar-refractivity contribution in [1.29, 1.82) is 0 Å². The first-order valence-corrected chi connectivity index (χ1v) is 25.0. The van der Waals surface area contributed by atoms with Crippen LogP contribution in [0.4, 0.5) is 0 Å². The molecule has 0 saturated carbocycles. The molecule has 4 aliphatic rings. The number of carbonyl (C=O) groups is 2. The average molecular weight is 969 g/mol. The molecular formula is C58H64N8O6. The summed E-state index contributed by atoms with van der Waals surface area (Å²) in [5.74, 6) is -1.81. The van der Waals surface area contributed by atoms with E-state index >= 15 is 0 Å². The normalized spacial score (nSPS) is 24.0. The molecule has 4 N–H and O–H groups in total. The number of aliphatic hydroxyl groups is 2. The molecule has 2 amide bonds. The topological polar surface area (TPSA) is 175 Å². The van der Waals surface area contributed by atoms with E-state index < -0.39 is 11.8 Å². The third-order valence-electron chi connectivity index (χ3n) is 15.2. The molecule has 372 valence electrons. The maximum absolute atomic E-state index is 13.8. The number of amides is 2. The predicted molar refractivity (Wildman–Crippen MR) is 278 cm³/mol. The summed E-state index contributed by atoms with van der Waals surface area (Å²) in [5.41, 5.74) is 6.87. The first-order chi connectivity index (χ1) is 35.1. The van der Waals surface area contributed by atoms with Crippen LogP contribution in [0.1, 0.15) is 96.6 Å². The number of aliphatic hydroxyl groups excluding tert-OH is 2. The summed E-state index contributed by atoms with van der Waals surface area (Å²) in [6, 6.07) is 33.8. The standard InChI is InChI=1S/2C29H32N4O3/c2*1-3-8-22-12-13-24-27-26(28(35)31-19(2)21-10-5-4-6-11-21)23(18-34)25(17-33(24)29(22)36)32(27)16-20-9-7-14-30-15-20/h2*3-15,19,23,25-27,34H,16-18H2,1-2H3,(H,31,35)/b8-3+;8-3-/t2*19-,23-,25-,26+,27+/m11/s1. The van der Waals surface area contributed by atoms with E-state index in [-0.39, 0.29) is 84.2 Å². The highest BCUT2D eigenvalue weighted by Crippen LogP contribution is 2.50. The molecule has 6 aromatic rings. The van der Waals surface area contributed by atoms with Crippen LogP contribution in [0.25, 0.3) is 12.2 Å². The monoisotopic (exact) mass is 968 g/mol. The zero-order chi connectivity index (χ0) is 50.5. The SMILES string of the molecule is C/C=C/c1ccc2n(c1=O)C[C@@H]1[C@@H](CO)[C@H](C(=O)N[C@H](C)c3ccccc3)[C@H]2N1Cc1cccnc1.C/C=C\c1ccc2n(c1=O)C[C@@H]1[C@@H](CO)[C@H](C(=O)N[C@H](C)c3ccccc3)[C@H]2N1Cc1cccnc1. The fourth-order valence-corrected chi connectivity index (χ4v) is 11.8. The molecule has 10 rings (SSSR count). The Labute approximate surface area is 420 Å². The van der Waals surface area contributed by atoms with Crippen LogP contribution in [0.15, 0.2) is 156 Å². The number of aromatic nitrogens is 4. The van der Waals surface area contributed by atoms with Gasteiger partial charge >= 0.3 is 0 Å². The minimum absolute atomic E-state index is 0.0583. The summed E-state index contributed by atoms with van der Waals surface area (Å²) in [7, 11) is 0. The number of benzene rings is 2. The van der Waals surface area contributed by atoms with Gasteiger partial charge in [0.15, 0.2) is 0 Å². The molecule has 2 saturated heterocycles. The van der Waals surface area contributed by atoms with Crippen molar-refractivity contribution in [2.45, 2.75) is 90.1 Å². The van der Waals surface area contributed by atoms with Crippen LogP contribution < -0.4 is 21.8 Å². The molecule has 2 aromatic carbocycles. The highest BCUT2D eigenvalue weighted by molar-refractivity contribution is 5.82. The summed E-state index contributed by atoms with van der Waals surface area (Å²) in [6.07, 6.45) is 14.5. The van der Waals surface area contributed by atoms with Crippen LogP contribution in [-0.4, -0.2) is 76.2 Å². The van der Waals surface area contributed by atoms with Crippen LogP contribution >= 0.6 is 0 Å². The second-order valence-electron chi connectivity index (χ2n) is 19.4. The zero-order valence-corrected chi connectivity index (χ0v) is 41.2. The maximum Gasteiger partial charge on any atom is 0.258 e. The summed E-state index contributed by atoms with van der Waals surface area (Å²) in [4.78, 5) is 67.4. The number of fused-ring (bicyclic) bond motifs is 8. The molecule has 10 atom stereocenters. The number of rotatable bonds is 14. The molecule has 4 aliphatic heterocycles. The van der Waals surface area contributed by atoms with Crippen molar-refractivity contribution in [2.24, 2.45) is 23.7 Å². The molecule has 0 spiro atoms. The Morgan fingerprint density at radius 1 is 0.597 bits per heavy atom. The lowest BCUT2D eigenvalue weighted by Crippen LogP contribution is -2.46. The largest absolute Gasteiger partial charge is 0.396 e. The van der Waals surface area contributed by atoms with Gasteiger partial charge in [-0.25, -0.2) is 0 Å². The van der Waals surface area contributed by atoms with Crippen LogP contribution in [0.2, 0.25) is 0 Å². The lowest BCUT2D eigenvalue weighted by molar-refractivity contribution is -0.129. The molecule has 0 radical (unpaired) electrons. The van der Waals surface area contributed by atoms with Gasteiger partial charge in [-0.1, -0.05) is 97.1 Å². The zero-order valence-electron chi connectivity index (χ0n) is 41.2. The number of nitrogens with zero attached hydrogens (tertiary/aromatic N) is 6. The van der Waals surface area contributed by atoms with E-state index in [2.05, 4.69) is 30.4 Å². The number of hydrogen-bond donors (Lipinski definition) is 4. The first-order valence-electron chi connectivity index (χ1n) is 25.0. The highest BCUT2D eigenvalue weighted by Gasteiger charge is 2.57. The van der Waals surface area contributed by atoms with E-state index in [1.54, 1.807) is 21.5 Å². The van der Waals surface area contributed by atoms with E-state index in [1.165, 1.54) is 0 Å². The van der Waals surface area contributed by atoms with Crippen molar-refractivity contribution in [3.05, 3.63) is 212 Å². The molecule has 2 fully saturated rings. The fraction of sp³-hybridized carbons (Fsp3) is 0.345. The number of nitrogens with one attached hydrogen (secondary N) is 2. The predicted octanol–water partition coefficient (Wildman–Crippen LogP) is 6.64. The summed E-state index contributed by atoms with van der Waals surface area (Å²) >= 11 is 0. The van der Waals surface area contributed by atoms with E-state index in [0.29, 0.717) is 37.3 Å². The fourth-order valence-electron chi connectivity index (χ4n) is 11.8. The second kappa shape index (κ2) is 22.1. The highest BCUT2D eigenvalue weighted by atomic mass is 16.3. The van der Waals surface area contributed by atoms with Crippen LogP contribution in [0, 0.1) is 23.7 Å². The van der Waals surface area contributed by atoms with E-state index in [1.807, 2.05) is 174 Å². The van der Waals surface area contributed by atoms with Crippen molar-refractivity contribution in [3.8, 4) is 0 Å². The van der Waals surface area contributed by atoms with E-state index in [4.69, 9.17) is 0 Å². The lowest BCUT2D eigenvalue weighted by Gasteiger charge is -2.38. The van der Waals surface area contributed by atoms with E-state index in [9.17, 15) is 29.4 Å². The summed E-state index contributed by atoms with van der Waals surface area (Å²) < 4.78 is 3.61. The molecule has 72 heavy (non-hydrogen) atoms. The van der Waals surface area contributed by atoms with Gasteiger partial charge in [-0.3, -0.25) is 38.9 Å². The minimum atomic E-state index is -0.497. The van der Waals surface area contributed by atoms with Crippen LogP contribution in [-0.2, 0) is 35.8 Å². The van der Waals surface area contributed by atoms with Crippen molar-refractivity contribution < 1.29 is 19.8 Å². The molecule has 14 heteroatoms. The minimum Gasteiger partial charge on any atom is -0.396 e. The van der Waals surface area contributed by atoms with Crippen molar-refractivity contribution in [2.75, 3.05) is 13.2 Å². The van der Waals surface area contributed by atoms with Gasteiger partial charge in [0.1, 0.15) is 0 Å². The molecule has 0 aliphatic carbocycles. The summed E-state index contributed by atoms with van der Waals surface area (Å²) in [5, 5.41) is 27.5. The van der Waals surface area contributed by atoms with Gasteiger partial charge in [0.25, 0.3) is 11.1 Å². The van der Waals surface area contributed by atoms with Gasteiger partial charge in [0.05, 0.1) is 36.0 Å². The molecule has 8 heterocycles. The number of hydrogen-bond acceptors (Lipinski definition) is 10. The van der Waals surface area contributed by atoms with Gasteiger partial charge in [0, 0.05) is 111 Å². The third-order valence-corrected chi connectivity index (χ3v) is 15.2. The van der Waals surface area contributed by atoms with Gasteiger partial charge < -0.3 is 30.0 Å². The number of allylic oxidation sites excluding steroid dienone is 2. The smallest absolute Gasteiger partial charge is 0.258 e. The van der Waals surface area contributed by atoms with Crippen LogP contribution in [0.5, 0.6) is 0 Å². The molecule has 14 nitrogen and oxygen atoms in total. The number of carbonyl (C=O) groups excluding carboxylic acids is 2. The van der Waals surface area contributed by atoms with Gasteiger partial charge in [-0.2, -0.15) is 0 Å². The molecular weight excluding hydrogens is 905 g/mol. The lowest BCUT2D eigenvalue weighted by atomic mass is 9.86.